The van der Waals surface area contributed by atoms with Crippen molar-refractivity contribution in [3.8, 4) is 11.5 Å². The molecule has 3 aromatic carbocycles. The molecule has 0 aromatic heterocycles. The second-order valence-corrected chi connectivity index (χ2v) is 10.00. The first-order valence-electron chi connectivity index (χ1n) is 9.87. The number of ether oxygens (including phenoxy) is 1. The van der Waals surface area contributed by atoms with Crippen LogP contribution in [-0.2, 0) is 15.3 Å². The fourth-order valence-electron chi connectivity index (χ4n) is 2.87. The maximum absolute atomic E-state index is 12.8. The number of anilines is 1. The van der Waals surface area contributed by atoms with Crippen LogP contribution in [0.4, 0.5) is 5.69 Å². The van der Waals surface area contributed by atoms with Crippen molar-refractivity contribution >= 4 is 15.5 Å². The monoisotopic (exact) mass is 452 g/mol. The van der Waals surface area contributed by atoms with Crippen LogP contribution < -0.4 is 10.1 Å². The third-order valence-corrected chi connectivity index (χ3v) is 6.39. The Hall–Kier alpha value is -3.65. The quantitative estimate of drug-likeness (QED) is 0.363. The van der Waals surface area contributed by atoms with E-state index in [4.69, 9.17) is 4.74 Å². The summed E-state index contributed by atoms with van der Waals surface area (Å²) in [5.41, 5.74) is 1.24. The molecule has 0 aliphatic heterocycles. The summed E-state index contributed by atoms with van der Waals surface area (Å²) < 4.78 is 31.4. The molecule has 0 aliphatic rings. The summed E-state index contributed by atoms with van der Waals surface area (Å²) in [5.74, 6) is 1.25. The van der Waals surface area contributed by atoms with Crippen molar-refractivity contribution in [2.24, 2.45) is 0 Å². The smallest absolute Gasteiger partial charge is 0.379 e. The third kappa shape index (κ3) is 5.53. The fraction of sp³-hybridized carbons (Fsp3) is 0.167. The van der Waals surface area contributed by atoms with Gasteiger partial charge in [-0.3, -0.25) is 10.1 Å². The van der Waals surface area contributed by atoms with Crippen molar-refractivity contribution in [3.05, 3.63) is 106 Å². The second kappa shape index (κ2) is 9.23. The summed E-state index contributed by atoms with van der Waals surface area (Å²) in [5, 5.41) is 13.3. The molecule has 7 nitrogen and oxygen atoms in total. The molecule has 3 rings (SSSR count). The van der Waals surface area contributed by atoms with Crippen LogP contribution in [0.3, 0.4) is 0 Å². The van der Waals surface area contributed by atoms with Crippen molar-refractivity contribution in [2.75, 3.05) is 5.32 Å². The number of para-hydroxylation sites is 1. The molecule has 32 heavy (non-hydrogen) atoms. The van der Waals surface area contributed by atoms with Crippen LogP contribution in [0.15, 0.2) is 95.0 Å². The van der Waals surface area contributed by atoms with Gasteiger partial charge in [0, 0.05) is 5.69 Å². The molecule has 0 saturated carbocycles. The van der Waals surface area contributed by atoms with Crippen LogP contribution in [0.2, 0.25) is 0 Å². The van der Waals surface area contributed by atoms with Gasteiger partial charge in [0.25, 0.3) is 9.84 Å². The third-order valence-electron chi connectivity index (χ3n) is 4.68. The highest BCUT2D eigenvalue weighted by atomic mass is 32.2. The number of benzene rings is 3. The highest BCUT2D eigenvalue weighted by Gasteiger charge is 2.31. The summed E-state index contributed by atoms with van der Waals surface area (Å²) in [6.07, 6.45) is 0.889. The van der Waals surface area contributed by atoms with Gasteiger partial charge in [-0.25, -0.2) is 8.42 Å². The molecule has 0 saturated heterocycles. The van der Waals surface area contributed by atoms with Gasteiger partial charge < -0.3 is 10.1 Å². The zero-order valence-electron chi connectivity index (χ0n) is 18.0. The molecule has 0 bridgehead atoms. The Balaban J connectivity index is 1.79. The van der Waals surface area contributed by atoms with E-state index in [2.05, 4.69) is 5.32 Å². The minimum atomic E-state index is -4.31. The van der Waals surface area contributed by atoms with Crippen molar-refractivity contribution in [2.45, 2.75) is 31.1 Å². The molecular weight excluding hydrogens is 428 g/mol. The number of nitrogens with zero attached hydrogens (tertiary/aromatic N) is 1. The van der Waals surface area contributed by atoms with E-state index in [1.807, 2.05) is 51.1 Å². The first-order valence-corrected chi connectivity index (χ1v) is 11.4. The minimum Gasteiger partial charge on any atom is -0.457 e. The van der Waals surface area contributed by atoms with Gasteiger partial charge in [-0.15, -0.1) is 0 Å². The van der Waals surface area contributed by atoms with Gasteiger partial charge in [0.1, 0.15) is 11.5 Å². The summed E-state index contributed by atoms with van der Waals surface area (Å²) in [7, 11) is -4.31. The van der Waals surface area contributed by atoms with Gasteiger partial charge in [-0.1, -0.05) is 51.1 Å². The molecule has 0 unspecified atom stereocenters. The maximum atomic E-state index is 12.8. The molecule has 0 amide bonds. The normalized spacial score (nSPS) is 12.3. The Morgan fingerprint density at radius 3 is 2.00 bits per heavy atom. The number of hydrogen-bond donors (Lipinski definition) is 1. The first kappa shape index (κ1) is 23.0. The predicted molar refractivity (Wildman–Crippen MR) is 124 cm³/mol. The van der Waals surface area contributed by atoms with E-state index >= 15 is 0 Å². The number of hydrogen-bond acceptors (Lipinski definition) is 6. The van der Waals surface area contributed by atoms with Crippen molar-refractivity contribution < 1.29 is 18.1 Å². The second-order valence-electron chi connectivity index (χ2n) is 8.10. The first-order chi connectivity index (χ1) is 15.1. The lowest BCUT2D eigenvalue weighted by Crippen LogP contribution is -2.15. The Morgan fingerprint density at radius 2 is 1.47 bits per heavy atom. The van der Waals surface area contributed by atoms with Crippen molar-refractivity contribution in [1.82, 2.24) is 0 Å². The lowest BCUT2D eigenvalue weighted by Gasteiger charge is -2.18. The molecule has 166 valence electrons. The standard InChI is InChI=1S/C24H24N2O5S/c1-24(2,3)18-9-15-22(16-10-18)32(29,30)23(26(27)28)17-25-19-11-13-21(14-12-19)31-20-7-5-4-6-8-20/h4-17,25H,1-3H3/b23-17+. The van der Waals surface area contributed by atoms with Crippen LogP contribution in [0.5, 0.6) is 11.5 Å². The van der Waals surface area contributed by atoms with E-state index in [1.165, 1.54) is 12.1 Å². The van der Waals surface area contributed by atoms with Gasteiger partial charge in [0.15, 0.2) is 0 Å². The fourth-order valence-corrected chi connectivity index (χ4v) is 4.02. The highest BCUT2D eigenvalue weighted by molar-refractivity contribution is 7.95. The van der Waals surface area contributed by atoms with E-state index in [1.54, 1.807) is 36.4 Å². The molecule has 1 N–H and O–H groups in total. The molecule has 0 aliphatic carbocycles. The Bertz CT molecular complexity index is 1210. The van der Waals surface area contributed by atoms with Crippen LogP contribution >= 0.6 is 0 Å². The molecule has 0 heterocycles. The molecule has 0 atom stereocenters. The maximum Gasteiger partial charge on any atom is 0.379 e. The molecular formula is C24H24N2O5S. The van der Waals surface area contributed by atoms with Crippen molar-refractivity contribution in [3.63, 3.8) is 0 Å². The Kier molecular flexibility index (Phi) is 6.64. The van der Waals surface area contributed by atoms with Gasteiger partial charge in [-0.05, 0) is 59.5 Å². The zero-order chi connectivity index (χ0) is 23.4. The zero-order valence-corrected chi connectivity index (χ0v) is 18.8. The van der Waals surface area contributed by atoms with Gasteiger partial charge in [0.2, 0.25) is 0 Å². The van der Waals surface area contributed by atoms with E-state index < -0.39 is 19.8 Å². The van der Waals surface area contributed by atoms with E-state index in [0.29, 0.717) is 17.2 Å². The number of nitrogens with one attached hydrogen (secondary N) is 1. The van der Waals surface area contributed by atoms with Crippen molar-refractivity contribution in [1.29, 1.82) is 0 Å². The molecule has 0 radical (unpaired) electrons. The van der Waals surface area contributed by atoms with Crippen LogP contribution in [0.25, 0.3) is 0 Å². The van der Waals surface area contributed by atoms with Crippen LogP contribution in [0.1, 0.15) is 26.3 Å². The average molecular weight is 453 g/mol. The number of nitro groups is 1. The topological polar surface area (TPSA) is 98.5 Å². The summed E-state index contributed by atoms with van der Waals surface area (Å²) in [4.78, 5) is 10.5. The summed E-state index contributed by atoms with van der Waals surface area (Å²) >= 11 is 0. The summed E-state index contributed by atoms with van der Waals surface area (Å²) in [6.45, 7) is 6.00. The molecule has 0 fully saturated rings. The minimum absolute atomic E-state index is 0.137. The van der Waals surface area contributed by atoms with E-state index in [-0.39, 0.29) is 10.3 Å². The van der Waals surface area contributed by atoms with E-state index in [9.17, 15) is 18.5 Å². The average Bonchev–Trinajstić information content (AvgIpc) is 2.75. The molecule has 8 heteroatoms. The molecule has 3 aromatic rings. The number of sulfone groups is 1. The summed E-state index contributed by atoms with van der Waals surface area (Å²) in [6, 6.07) is 22.0. The van der Waals surface area contributed by atoms with E-state index in [0.717, 1.165) is 11.8 Å². The number of rotatable bonds is 7. The van der Waals surface area contributed by atoms with Gasteiger partial charge >= 0.3 is 5.03 Å². The Morgan fingerprint density at radius 1 is 0.906 bits per heavy atom. The van der Waals surface area contributed by atoms with Crippen LogP contribution in [-0.4, -0.2) is 13.3 Å². The molecule has 0 spiro atoms. The van der Waals surface area contributed by atoms with Gasteiger partial charge in [0.05, 0.1) is 16.0 Å². The largest absolute Gasteiger partial charge is 0.457 e. The van der Waals surface area contributed by atoms with Crippen LogP contribution in [0, 0.1) is 10.1 Å². The highest BCUT2D eigenvalue weighted by Crippen LogP contribution is 2.27. The predicted octanol–water partition coefficient (Wildman–Crippen LogP) is 5.74. The lowest BCUT2D eigenvalue weighted by molar-refractivity contribution is -0.411. The Labute approximate surface area is 187 Å². The van der Waals surface area contributed by atoms with Gasteiger partial charge in [-0.2, -0.15) is 0 Å². The SMILES string of the molecule is CC(C)(C)c1ccc(S(=O)(=O)/C(=C/Nc2ccc(Oc3ccccc3)cc2)[N+](=O)[O-])cc1. The lowest BCUT2D eigenvalue weighted by atomic mass is 9.87.